The molecule has 0 spiro atoms. The molecule has 0 saturated carbocycles. The first kappa shape index (κ1) is 14.6. The van der Waals surface area contributed by atoms with E-state index in [9.17, 15) is 9.59 Å². The van der Waals surface area contributed by atoms with Crippen LogP contribution in [0.15, 0.2) is 23.5 Å². The molecule has 0 aromatic heterocycles. The molecule has 0 fully saturated rings. The number of carbonyl (C=O) groups is 2. The van der Waals surface area contributed by atoms with Gasteiger partial charge in [0, 0.05) is 17.3 Å². The van der Waals surface area contributed by atoms with E-state index < -0.39 is 16.8 Å². The highest BCUT2D eigenvalue weighted by atomic mass is 35.5. The molecule has 0 aromatic carbocycles. The third-order valence-corrected chi connectivity index (χ3v) is 3.07. The van der Waals surface area contributed by atoms with Gasteiger partial charge in [-0.15, -0.1) is 11.6 Å². The van der Waals surface area contributed by atoms with Gasteiger partial charge in [0.05, 0.1) is 6.42 Å². The van der Waals surface area contributed by atoms with Gasteiger partial charge in [0.2, 0.25) is 5.91 Å². The van der Waals surface area contributed by atoms with E-state index in [0.717, 1.165) is 11.4 Å². The van der Waals surface area contributed by atoms with E-state index >= 15 is 0 Å². The monoisotopic (exact) mass is 272 g/mol. The molecule has 0 aliphatic heterocycles. The SMILES string of the molecule is CC1CC(N)=CC=C1NC(=O)CC(C)(Cl)C(=O)O. The Bertz CT molecular complexity index is 427. The average molecular weight is 273 g/mol. The van der Waals surface area contributed by atoms with Gasteiger partial charge < -0.3 is 16.2 Å². The number of hydrogen-bond donors (Lipinski definition) is 3. The Morgan fingerprint density at radius 2 is 2.22 bits per heavy atom. The van der Waals surface area contributed by atoms with Gasteiger partial charge in [-0.2, -0.15) is 0 Å². The number of nitrogens with two attached hydrogens (primary N) is 1. The Morgan fingerprint density at radius 1 is 1.61 bits per heavy atom. The maximum Gasteiger partial charge on any atom is 0.325 e. The van der Waals surface area contributed by atoms with Gasteiger partial charge in [0.15, 0.2) is 0 Å². The first-order valence-electron chi connectivity index (χ1n) is 5.61. The second-order valence-corrected chi connectivity index (χ2v) is 5.53. The molecule has 0 radical (unpaired) electrons. The van der Waals surface area contributed by atoms with Crippen molar-refractivity contribution in [2.75, 3.05) is 0 Å². The smallest absolute Gasteiger partial charge is 0.325 e. The van der Waals surface area contributed by atoms with Crippen molar-refractivity contribution >= 4 is 23.5 Å². The molecule has 2 unspecified atom stereocenters. The summed E-state index contributed by atoms with van der Waals surface area (Å²) in [5, 5.41) is 11.5. The van der Waals surface area contributed by atoms with Crippen LogP contribution in [0.1, 0.15) is 26.7 Å². The summed E-state index contributed by atoms with van der Waals surface area (Å²) in [4.78, 5) is 20.9. The highest BCUT2D eigenvalue weighted by Gasteiger charge is 2.33. The Labute approximate surface area is 111 Å². The minimum Gasteiger partial charge on any atom is -0.480 e. The molecule has 18 heavy (non-hydrogen) atoms. The summed E-state index contributed by atoms with van der Waals surface area (Å²) in [6, 6.07) is 0. The van der Waals surface area contributed by atoms with Gasteiger partial charge in [-0.1, -0.05) is 6.92 Å². The van der Waals surface area contributed by atoms with E-state index in [1.807, 2.05) is 6.92 Å². The van der Waals surface area contributed by atoms with Crippen molar-refractivity contribution in [2.24, 2.45) is 11.7 Å². The number of carboxylic acids is 1. The lowest BCUT2D eigenvalue weighted by Gasteiger charge is -2.22. The normalized spacial score (nSPS) is 22.5. The number of nitrogens with one attached hydrogen (secondary N) is 1. The van der Waals surface area contributed by atoms with Crippen molar-refractivity contribution in [2.45, 2.75) is 31.6 Å². The summed E-state index contributed by atoms with van der Waals surface area (Å²) in [5.74, 6) is -1.53. The molecular weight excluding hydrogens is 256 g/mol. The van der Waals surface area contributed by atoms with Crippen LogP contribution in [0.3, 0.4) is 0 Å². The van der Waals surface area contributed by atoms with Crippen molar-refractivity contribution < 1.29 is 14.7 Å². The molecular formula is C12H17ClN2O3. The van der Waals surface area contributed by atoms with Crippen LogP contribution in [0.25, 0.3) is 0 Å². The van der Waals surface area contributed by atoms with Crippen LogP contribution >= 0.6 is 11.6 Å². The van der Waals surface area contributed by atoms with Crippen LogP contribution in [0.2, 0.25) is 0 Å². The highest BCUT2D eigenvalue weighted by molar-refractivity contribution is 6.34. The third-order valence-electron chi connectivity index (χ3n) is 2.77. The van der Waals surface area contributed by atoms with Crippen LogP contribution in [0, 0.1) is 5.92 Å². The molecule has 1 amide bonds. The van der Waals surface area contributed by atoms with Crippen LogP contribution in [0.4, 0.5) is 0 Å². The first-order valence-corrected chi connectivity index (χ1v) is 5.98. The van der Waals surface area contributed by atoms with Crippen LogP contribution in [0.5, 0.6) is 0 Å². The Morgan fingerprint density at radius 3 is 2.72 bits per heavy atom. The predicted molar refractivity (Wildman–Crippen MR) is 68.8 cm³/mol. The lowest BCUT2D eigenvalue weighted by Crippen LogP contribution is -2.37. The topological polar surface area (TPSA) is 92.4 Å². The number of aliphatic carboxylic acids is 1. The molecule has 0 saturated heterocycles. The van der Waals surface area contributed by atoms with Gasteiger partial charge >= 0.3 is 5.97 Å². The van der Waals surface area contributed by atoms with Gasteiger partial charge in [-0.05, 0) is 25.5 Å². The average Bonchev–Trinajstić information content (AvgIpc) is 2.21. The fourth-order valence-electron chi connectivity index (χ4n) is 1.64. The van der Waals surface area contributed by atoms with E-state index in [0.29, 0.717) is 6.42 Å². The van der Waals surface area contributed by atoms with E-state index in [2.05, 4.69) is 5.32 Å². The summed E-state index contributed by atoms with van der Waals surface area (Å²) in [5.41, 5.74) is 7.15. The molecule has 0 bridgehead atoms. The third kappa shape index (κ3) is 3.77. The standard InChI is InChI=1S/C12H17ClN2O3/c1-7-5-8(14)3-4-9(7)15-10(16)6-12(2,13)11(17)18/h3-4,7H,5-6,14H2,1-2H3,(H,15,16)(H,17,18). The van der Waals surface area contributed by atoms with Crippen LogP contribution in [-0.2, 0) is 9.59 Å². The van der Waals surface area contributed by atoms with Crippen molar-refractivity contribution in [1.29, 1.82) is 0 Å². The second-order valence-electron chi connectivity index (χ2n) is 4.70. The highest BCUT2D eigenvalue weighted by Crippen LogP contribution is 2.22. The number of alkyl halides is 1. The summed E-state index contributed by atoms with van der Waals surface area (Å²) in [6.45, 7) is 3.23. The number of carboxylic acid groups (broad SMARTS) is 1. The number of hydrogen-bond acceptors (Lipinski definition) is 3. The molecule has 6 heteroatoms. The Kier molecular flexibility index (Phi) is 4.40. The molecule has 0 heterocycles. The summed E-state index contributed by atoms with van der Waals surface area (Å²) >= 11 is 5.73. The van der Waals surface area contributed by atoms with Crippen LogP contribution in [-0.4, -0.2) is 21.9 Å². The molecule has 1 aliphatic rings. The number of allylic oxidation sites excluding steroid dienone is 4. The Balaban J connectivity index is 2.64. The van der Waals surface area contributed by atoms with Gasteiger partial charge in [-0.3, -0.25) is 9.59 Å². The van der Waals surface area contributed by atoms with E-state index in [-0.39, 0.29) is 12.3 Å². The van der Waals surface area contributed by atoms with Crippen molar-refractivity contribution in [3.8, 4) is 0 Å². The second kappa shape index (κ2) is 5.44. The number of rotatable bonds is 4. The summed E-state index contributed by atoms with van der Waals surface area (Å²) in [7, 11) is 0. The van der Waals surface area contributed by atoms with Crippen molar-refractivity contribution in [3.05, 3.63) is 23.5 Å². The van der Waals surface area contributed by atoms with E-state index in [1.165, 1.54) is 6.92 Å². The van der Waals surface area contributed by atoms with Gasteiger partial charge in [0.1, 0.15) is 4.87 Å². The molecule has 1 rings (SSSR count). The van der Waals surface area contributed by atoms with E-state index in [4.69, 9.17) is 22.4 Å². The first-order chi connectivity index (χ1) is 8.22. The molecule has 4 N–H and O–H groups in total. The molecule has 1 aliphatic carbocycles. The molecule has 5 nitrogen and oxygen atoms in total. The molecule has 2 atom stereocenters. The maximum atomic E-state index is 11.7. The number of halogens is 1. The Hall–Kier alpha value is -1.49. The van der Waals surface area contributed by atoms with Crippen molar-refractivity contribution in [1.82, 2.24) is 5.32 Å². The zero-order chi connectivity index (χ0) is 13.9. The molecule has 0 aromatic rings. The fourth-order valence-corrected chi connectivity index (χ4v) is 1.76. The number of amides is 1. The van der Waals surface area contributed by atoms with Gasteiger partial charge in [-0.25, -0.2) is 0 Å². The van der Waals surface area contributed by atoms with Crippen LogP contribution < -0.4 is 11.1 Å². The number of carbonyl (C=O) groups excluding carboxylic acids is 1. The quantitative estimate of drug-likeness (QED) is 0.674. The zero-order valence-corrected chi connectivity index (χ0v) is 11.1. The minimum absolute atomic E-state index is 0.102. The summed E-state index contributed by atoms with van der Waals surface area (Å²) < 4.78 is 0. The summed E-state index contributed by atoms with van der Waals surface area (Å²) in [6.07, 6.45) is 3.84. The lowest BCUT2D eigenvalue weighted by atomic mass is 9.96. The van der Waals surface area contributed by atoms with Crippen molar-refractivity contribution in [3.63, 3.8) is 0 Å². The minimum atomic E-state index is -1.59. The zero-order valence-electron chi connectivity index (χ0n) is 10.4. The fraction of sp³-hybridized carbons (Fsp3) is 0.500. The van der Waals surface area contributed by atoms with E-state index in [1.54, 1.807) is 12.2 Å². The maximum absolute atomic E-state index is 11.7. The largest absolute Gasteiger partial charge is 0.480 e. The van der Waals surface area contributed by atoms with Gasteiger partial charge in [0.25, 0.3) is 0 Å². The predicted octanol–water partition coefficient (Wildman–Crippen LogP) is 1.34. The lowest BCUT2D eigenvalue weighted by molar-refractivity contribution is -0.141. The molecule has 100 valence electrons.